The highest BCUT2D eigenvalue weighted by Crippen LogP contribution is 2.40. The molecule has 0 aliphatic carbocycles. The van der Waals surface area contributed by atoms with Gasteiger partial charge in [-0.05, 0) is 61.6 Å². The van der Waals surface area contributed by atoms with Crippen molar-refractivity contribution < 1.29 is 24.2 Å². The molecule has 3 aromatic carbocycles. The third-order valence-electron chi connectivity index (χ3n) is 6.11. The summed E-state index contributed by atoms with van der Waals surface area (Å²) in [5, 5.41) is 11.2. The Labute approximate surface area is 211 Å². The van der Waals surface area contributed by atoms with Crippen molar-refractivity contribution in [2.45, 2.75) is 12.6 Å². The molecule has 7 heteroatoms. The predicted molar refractivity (Wildman–Crippen MR) is 138 cm³/mol. The van der Waals surface area contributed by atoms with E-state index in [4.69, 9.17) is 9.47 Å². The van der Waals surface area contributed by atoms with Crippen LogP contribution in [0.15, 0.2) is 84.4 Å². The summed E-state index contributed by atoms with van der Waals surface area (Å²) in [7, 11) is 5.36. The molecule has 186 valence electrons. The Hall–Kier alpha value is -4.10. The number of benzene rings is 3. The third kappa shape index (κ3) is 5.42. The second-order valence-electron chi connectivity index (χ2n) is 8.87. The summed E-state index contributed by atoms with van der Waals surface area (Å²) >= 11 is 0. The summed E-state index contributed by atoms with van der Waals surface area (Å²) in [6.07, 6.45) is 0. The lowest BCUT2D eigenvalue weighted by molar-refractivity contribution is -0.140. The number of amides is 1. The number of carbonyl (C=O) groups excluding carboxylic acids is 2. The monoisotopic (exact) mass is 486 g/mol. The van der Waals surface area contributed by atoms with Gasteiger partial charge in [-0.1, -0.05) is 42.5 Å². The van der Waals surface area contributed by atoms with Gasteiger partial charge in [0.25, 0.3) is 11.7 Å². The van der Waals surface area contributed by atoms with Gasteiger partial charge in [-0.15, -0.1) is 0 Å². The van der Waals surface area contributed by atoms with Gasteiger partial charge >= 0.3 is 0 Å². The summed E-state index contributed by atoms with van der Waals surface area (Å²) in [5.41, 5.74) is 2.21. The zero-order chi connectivity index (χ0) is 25.7. The molecule has 1 heterocycles. The van der Waals surface area contributed by atoms with Crippen LogP contribution >= 0.6 is 0 Å². The van der Waals surface area contributed by atoms with Crippen LogP contribution in [0.5, 0.6) is 11.5 Å². The Balaban J connectivity index is 1.73. The highest BCUT2D eigenvalue weighted by molar-refractivity contribution is 6.46. The molecule has 1 aliphatic rings. The molecule has 1 amide bonds. The minimum Gasteiger partial charge on any atom is -0.507 e. The van der Waals surface area contributed by atoms with Gasteiger partial charge in [-0.25, -0.2) is 0 Å². The number of aliphatic hydroxyl groups excluding tert-OH is 1. The van der Waals surface area contributed by atoms with Crippen molar-refractivity contribution in [3.05, 3.63) is 101 Å². The smallest absolute Gasteiger partial charge is 0.295 e. The average Bonchev–Trinajstić information content (AvgIpc) is 3.16. The maximum absolute atomic E-state index is 13.2. The molecule has 1 N–H and O–H groups in total. The molecule has 0 saturated carbocycles. The van der Waals surface area contributed by atoms with E-state index in [1.54, 1.807) is 31.4 Å². The van der Waals surface area contributed by atoms with E-state index in [2.05, 4.69) is 0 Å². The summed E-state index contributed by atoms with van der Waals surface area (Å²) < 4.78 is 11.2. The highest BCUT2D eigenvalue weighted by Gasteiger charge is 2.46. The van der Waals surface area contributed by atoms with E-state index in [0.29, 0.717) is 42.3 Å². The maximum Gasteiger partial charge on any atom is 0.295 e. The molecule has 0 radical (unpaired) electrons. The zero-order valence-corrected chi connectivity index (χ0v) is 20.7. The number of carbonyl (C=O) groups is 2. The number of rotatable bonds is 9. The fraction of sp³-hybridized carbons (Fsp3) is 0.241. The van der Waals surface area contributed by atoms with Crippen molar-refractivity contribution in [3.63, 3.8) is 0 Å². The molecular weight excluding hydrogens is 456 g/mol. The van der Waals surface area contributed by atoms with Crippen LogP contribution in [0.4, 0.5) is 0 Å². The molecular formula is C29H30N2O5. The van der Waals surface area contributed by atoms with Crippen LogP contribution in [-0.4, -0.2) is 60.9 Å². The number of Topliss-reactive ketones (excluding diaryl/α,β-unsaturated/α-hetero) is 1. The third-order valence-corrected chi connectivity index (χ3v) is 6.11. The van der Waals surface area contributed by atoms with Crippen LogP contribution in [0, 0.1) is 0 Å². The van der Waals surface area contributed by atoms with Crippen molar-refractivity contribution in [1.29, 1.82) is 0 Å². The molecule has 1 saturated heterocycles. The molecule has 0 bridgehead atoms. The first-order valence-corrected chi connectivity index (χ1v) is 11.7. The van der Waals surface area contributed by atoms with Crippen LogP contribution in [0.2, 0.25) is 0 Å². The van der Waals surface area contributed by atoms with Gasteiger partial charge in [0.2, 0.25) is 0 Å². The predicted octanol–water partition coefficient (Wildman–Crippen LogP) is 4.26. The van der Waals surface area contributed by atoms with Crippen molar-refractivity contribution in [2.75, 3.05) is 34.3 Å². The quantitative estimate of drug-likeness (QED) is 0.277. The Morgan fingerprint density at radius 2 is 1.67 bits per heavy atom. The van der Waals surface area contributed by atoms with E-state index in [-0.39, 0.29) is 11.3 Å². The largest absolute Gasteiger partial charge is 0.507 e. The molecule has 1 atom stereocenters. The van der Waals surface area contributed by atoms with Crippen molar-refractivity contribution in [1.82, 2.24) is 9.80 Å². The Kier molecular flexibility index (Phi) is 7.71. The SMILES string of the molecule is COc1ccc(C(O)=C2C(=O)C(=O)N(CCN(C)C)C2c2cccc(OCc3ccccc3)c2)cc1. The lowest BCUT2D eigenvalue weighted by atomic mass is 9.95. The van der Waals surface area contributed by atoms with E-state index in [1.165, 1.54) is 4.90 Å². The molecule has 1 aliphatic heterocycles. The van der Waals surface area contributed by atoms with E-state index >= 15 is 0 Å². The van der Waals surface area contributed by atoms with Crippen molar-refractivity contribution in [2.24, 2.45) is 0 Å². The van der Waals surface area contributed by atoms with Gasteiger partial charge in [-0.2, -0.15) is 0 Å². The first-order valence-electron chi connectivity index (χ1n) is 11.7. The number of hydrogen-bond acceptors (Lipinski definition) is 6. The molecule has 1 unspecified atom stereocenters. The van der Waals surface area contributed by atoms with Gasteiger partial charge in [0.1, 0.15) is 23.9 Å². The van der Waals surface area contributed by atoms with E-state index in [0.717, 1.165) is 5.56 Å². The van der Waals surface area contributed by atoms with Gasteiger partial charge in [0, 0.05) is 18.7 Å². The number of hydrogen-bond donors (Lipinski definition) is 1. The maximum atomic E-state index is 13.2. The topological polar surface area (TPSA) is 79.3 Å². The normalized spacial score (nSPS) is 17.0. The summed E-state index contributed by atoms with van der Waals surface area (Å²) in [4.78, 5) is 29.8. The van der Waals surface area contributed by atoms with E-state index < -0.39 is 17.7 Å². The lowest BCUT2D eigenvalue weighted by Gasteiger charge is -2.27. The fourth-order valence-electron chi connectivity index (χ4n) is 4.18. The molecule has 4 rings (SSSR count). The molecule has 36 heavy (non-hydrogen) atoms. The summed E-state index contributed by atoms with van der Waals surface area (Å²) in [5.74, 6) is -0.323. The number of aliphatic hydroxyl groups is 1. The molecule has 1 fully saturated rings. The average molecular weight is 487 g/mol. The standard InChI is InChI=1S/C29H30N2O5/c1-30(2)16-17-31-26(22-10-7-11-24(18-22)36-19-20-8-5-4-6-9-20)25(28(33)29(31)34)27(32)21-12-14-23(35-3)15-13-21/h4-15,18,26,32H,16-17,19H2,1-3H3. The highest BCUT2D eigenvalue weighted by atomic mass is 16.5. The van der Waals surface area contributed by atoms with Crippen LogP contribution in [0.3, 0.4) is 0 Å². The Morgan fingerprint density at radius 3 is 2.33 bits per heavy atom. The van der Waals surface area contributed by atoms with Crippen LogP contribution in [0.25, 0.3) is 5.76 Å². The lowest BCUT2D eigenvalue weighted by Crippen LogP contribution is -2.35. The Bertz CT molecular complexity index is 1250. The number of ether oxygens (including phenoxy) is 2. The first kappa shape index (κ1) is 25.0. The number of methoxy groups -OCH3 is 1. The second kappa shape index (κ2) is 11.1. The molecule has 7 nitrogen and oxygen atoms in total. The van der Waals surface area contributed by atoms with Crippen molar-refractivity contribution >= 4 is 17.4 Å². The van der Waals surface area contributed by atoms with Gasteiger partial charge in [-0.3, -0.25) is 9.59 Å². The van der Waals surface area contributed by atoms with Gasteiger partial charge in [0.05, 0.1) is 18.7 Å². The number of nitrogens with zero attached hydrogens (tertiary/aromatic N) is 2. The van der Waals surface area contributed by atoms with Crippen LogP contribution in [-0.2, 0) is 16.2 Å². The van der Waals surface area contributed by atoms with Crippen molar-refractivity contribution in [3.8, 4) is 11.5 Å². The first-order chi connectivity index (χ1) is 17.4. The summed E-state index contributed by atoms with van der Waals surface area (Å²) in [6, 6.07) is 23.1. The molecule has 3 aromatic rings. The number of ketones is 1. The second-order valence-corrected chi connectivity index (χ2v) is 8.87. The number of likely N-dealkylation sites (tertiary alicyclic amines) is 1. The van der Waals surface area contributed by atoms with Crippen LogP contribution in [0.1, 0.15) is 22.7 Å². The van der Waals surface area contributed by atoms with Gasteiger partial charge in [0.15, 0.2) is 0 Å². The number of likely N-dealkylation sites (N-methyl/N-ethyl adjacent to an activating group) is 1. The Morgan fingerprint density at radius 1 is 0.944 bits per heavy atom. The zero-order valence-electron chi connectivity index (χ0n) is 20.7. The fourth-order valence-corrected chi connectivity index (χ4v) is 4.18. The minimum absolute atomic E-state index is 0.0594. The molecule has 0 aromatic heterocycles. The van der Waals surface area contributed by atoms with Crippen LogP contribution < -0.4 is 9.47 Å². The minimum atomic E-state index is -0.743. The van der Waals surface area contributed by atoms with E-state index in [9.17, 15) is 14.7 Å². The van der Waals surface area contributed by atoms with Gasteiger partial charge < -0.3 is 24.4 Å². The summed E-state index contributed by atoms with van der Waals surface area (Å²) in [6.45, 7) is 1.28. The molecule has 0 spiro atoms. The van der Waals surface area contributed by atoms with E-state index in [1.807, 2.05) is 73.6 Å².